The van der Waals surface area contributed by atoms with Crippen LogP contribution in [0.25, 0.3) is 0 Å². The molecule has 1 aliphatic rings. The van der Waals surface area contributed by atoms with Crippen LogP contribution in [0.3, 0.4) is 0 Å². The lowest BCUT2D eigenvalue weighted by molar-refractivity contribution is 0.155. The number of ether oxygens (including phenoxy) is 1. The van der Waals surface area contributed by atoms with Crippen molar-refractivity contribution in [3.8, 4) is 5.75 Å². The summed E-state index contributed by atoms with van der Waals surface area (Å²) in [6.45, 7) is 5.60. The van der Waals surface area contributed by atoms with Gasteiger partial charge < -0.3 is 9.64 Å². The van der Waals surface area contributed by atoms with E-state index >= 15 is 0 Å². The molecule has 0 N–H and O–H groups in total. The molecular weight excluding hydrogens is 536 g/mol. The number of benzene rings is 3. The van der Waals surface area contributed by atoms with E-state index in [4.69, 9.17) is 4.74 Å². The van der Waals surface area contributed by atoms with Gasteiger partial charge in [-0.15, -0.1) is 0 Å². The summed E-state index contributed by atoms with van der Waals surface area (Å²) in [5.41, 5.74) is 2.05. The maximum Gasteiger partial charge on any atom is 0.243 e. The first-order valence-electron chi connectivity index (χ1n) is 12.7. The molecule has 0 amide bonds. The van der Waals surface area contributed by atoms with Crippen molar-refractivity contribution in [1.82, 2.24) is 9.21 Å². The maximum atomic E-state index is 13.6. The summed E-state index contributed by atoms with van der Waals surface area (Å²) < 4.78 is 35.6. The van der Waals surface area contributed by atoms with Gasteiger partial charge in [0.25, 0.3) is 0 Å². The average molecular weight is 572 g/mol. The monoisotopic (exact) mass is 570 g/mol. The molecule has 0 spiro atoms. The normalized spacial score (nSPS) is 16.8. The fourth-order valence-electron chi connectivity index (χ4n) is 4.62. The van der Waals surface area contributed by atoms with Crippen molar-refractivity contribution in [2.45, 2.75) is 56.7 Å². The van der Waals surface area contributed by atoms with Crippen LogP contribution in [-0.2, 0) is 23.2 Å². The molecule has 0 bridgehead atoms. The molecule has 4 rings (SSSR count). The predicted octanol–water partition coefficient (Wildman–Crippen LogP) is 6.48. The van der Waals surface area contributed by atoms with E-state index in [9.17, 15) is 8.42 Å². The first-order chi connectivity index (χ1) is 17.4. The van der Waals surface area contributed by atoms with Gasteiger partial charge in [0, 0.05) is 23.6 Å². The van der Waals surface area contributed by atoms with E-state index in [2.05, 4.69) is 27.8 Å². The Hall–Kier alpha value is -2.19. The van der Waals surface area contributed by atoms with Crippen molar-refractivity contribution >= 4 is 26.0 Å². The van der Waals surface area contributed by atoms with Crippen LogP contribution < -0.4 is 4.74 Å². The summed E-state index contributed by atoms with van der Waals surface area (Å²) in [6.07, 6.45) is 4.54. The molecule has 1 saturated heterocycles. The Morgan fingerprint density at radius 3 is 2.36 bits per heavy atom. The van der Waals surface area contributed by atoms with Gasteiger partial charge in [-0.3, -0.25) is 0 Å². The molecule has 0 aliphatic carbocycles. The van der Waals surface area contributed by atoms with E-state index in [0.29, 0.717) is 30.6 Å². The molecule has 7 heteroatoms. The molecule has 3 aromatic rings. The summed E-state index contributed by atoms with van der Waals surface area (Å²) in [5.74, 6) is 0.768. The molecule has 0 aromatic heterocycles. The first-order valence-corrected chi connectivity index (χ1v) is 14.9. The molecule has 1 heterocycles. The summed E-state index contributed by atoms with van der Waals surface area (Å²) in [7, 11) is -3.63. The van der Waals surface area contributed by atoms with Crippen LogP contribution in [0.1, 0.15) is 43.7 Å². The van der Waals surface area contributed by atoms with E-state index in [-0.39, 0.29) is 0 Å². The number of piperidine rings is 1. The highest BCUT2D eigenvalue weighted by molar-refractivity contribution is 9.10. The van der Waals surface area contributed by atoms with Crippen LogP contribution in [0, 0.1) is 0 Å². The zero-order valence-electron chi connectivity index (χ0n) is 20.9. The van der Waals surface area contributed by atoms with Gasteiger partial charge in [0.2, 0.25) is 10.0 Å². The van der Waals surface area contributed by atoms with Gasteiger partial charge in [0.05, 0.1) is 4.90 Å². The van der Waals surface area contributed by atoms with Crippen molar-refractivity contribution in [2.75, 3.05) is 19.6 Å². The van der Waals surface area contributed by atoms with Gasteiger partial charge in [0.15, 0.2) is 0 Å². The Morgan fingerprint density at radius 2 is 1.67 bits per heavy atom. The summed E-state index contributed by atoms with van der Waals surface area (Å²) in [5, 5.41) is 0. The molecule has 1 fully saturated rings. The van der Waals surface area contributed by atoms with Crippen molar-refractivity contribution in [3.63, 3.8) is 0 Å². The smallest absolute Gasteiger partial charge is 0.243 e. The molecule has 5 nitrogen and oxygen atoms in total. The lowest BCUT2D eigenvalue weighted by Crippen LogP contribution is -2.40. The molecule has 1 aliphatic heterocycles. The maximum absolute atomic E-state index is 13.6. The highest BCUT2D eigenvalue weighted by atomic mass is 79.9. The summed E-state index contributed by atoms with van der Waals surface area (Å²) >= 11 is 3.40. The Morgan fingerprint density at radius 1 is 0.944 bits per heavy atom. The largest absolute Gasteiger partial charge is 0.489 e. The molecule has 1 atom stereocenters. The number of hydrogen-bond donors (Lipinski definition) is 0. The first kappa shape index (κ1) is 26.9. The van der Waals surface area contributed by atoms with Crippen molar-refractivity contribution in [3.05, 3.63) is 94.5 Å². The number of halogens is 1. The molecule has 0 radical (unpaired) electrons. The topological polar surface area (TPSA) is 49.9 Å². The Balaban J connectivity index is 1.44. The van der Waals surface area contributed by atoms with Crippen LogP contribution in [0.2, 0.25) is 0 Å². The van der Waals surface area contributed by atoms with Crippen LogP contribution in [-0.4, -0.2) is 43.3 Å². The Kier molecular flexibility index (Phi) is 9.60. The van der Waals surface area contributed by atoms with Crippen LogP contribution >= 0.6 is 15.9 Å². The van der Waals surface area contributed by atoms with E-state index in [1.807, 2.05) is 54.6 Å². The predicted molar refractivity (Wildman–Crippen MR) is 148 cm³/mol. The van der Waals surface area contributed by atoms with E-state index in [1.165, 1.54) is 19.3 Å². The number of rotatable bonds is 11. The highest BCUT2D eigenvalue weighted by Crippen LogP contribution is 2.23. The number of hydrogen-bond acceptors (Lipinski definition) is 4. The minimum atomic E-state index is -3.63. The average Bonchev–Trinajstić information content (AvgIpc) is 2.89. The Labute approximate surface area is 224 Å². The number of likely N-dealkylation sites (tertiary alicyclic amines) is 1. The molecule has 36 heavy (non-hydrogen) atoms. The minimum absolute atomic E-state index is 0.319. The standard InChI is InChI=1S/C29H35BrN2O3S/c1-24-8-5-6-19-31(24)20-7-21-32(36(33,34)29-17-13-27(30)14-18-29)22-25-11-15-28(16-12-25)35-23-26-9-3-2-4-10-26/h2-4,9-18,24H,5-8,19-23H2,1H3. The molecule has 1 unspecified atom stereocenters. The van der Waals surface area contributed by atoms with Gasteiger partial charge in [-0.2, -0.15) is 4.31 Å². The van der Waals surface area contributed by atoms with Crippen LogP contribution in [0.4, 0.5) is 0 Å². The van der Waals surface area contributed by atoms with Gasteiger partial charge >= 0.3 is 0 Å². The van der Waals surface area contributed by atoms with E-state index in [0.717, 1.165) is 40.9 Å². The second-order valence-corrected chi connectivity index (χ2v) is 12.3. The van der Waals surface area contributed by atoms with Gasteiger partial charge in [-0.25, -0.2) is 8.42 Å². The second-order valence-electron chi connectivity index (χ2n) is 9.45. The van der Waals surface area contributed by atoms with Crippen molar-refractivity contribution < 1.29 is 13.2 Å². The zero-order chi connectivity index (χ0) is 25.4. The van der Waals surface area contributed by atoms with Crippen molar-refractivity contribution in [2.24, 2.45) is 0 Å². The van der Waals surface area contributed by atoms with E-state index < -0.39 is 10.0 Å². The van der Waals surface area contributed by atoms with Gasteiger partial charge in [-0.1, -0.05) is 64.8 Å². The minimum Gasteiger partial charge on any atom is -0.489 e. The molecule has 0 saturated carbocycles. The zero-order valence-corrected chi connectivity index (χ0v) is 23.3. The number of nitrogens with zero attached hydrogens (tertiary/aromatic N) is 2. The molecule has 3 aromatic carbocycles. The quantitative estimate of drug-likeness (QED) is 0.264. The number of sulfonamides is 1. The summed E-state index contributed by atoms with van der Waals surface area (Å²) in [4.78, 5) is 2.81. The fourth-order valence-corrected chi connectivity index (χ4v) is 6.35. The SMILES string of the molecule is CC1CCCCN1CCCN(Cc1ccc(OCc2ccccc2)cc1)S(=O)(=O)c1ccc(Br)cc1. The van der Waals surface area contributed by atoms with E-state index in [1.54, 1.807) is 28.6 Å². The fraction of sp³-hybridized carbons (Fsp3) is 0.379. The molecule has 192 valence electrons. The third-order valence-electron chi connectivity index (χ3n) is 6.78. The third-order valence-corrected chi connectivity index (χ3v) is 9.16. The second kappa shape index (κ2) is 12.9. The third kappa shape index (κ3) is 7.42. The molecular formula is C29H35BrN2O3S. The van der Waals surface area contributed by atoms with Crippen LogP contribution in [0.5, 0.6) is 5.75 Å². The lowest BCUT2D eigenvalue weighted by atomic mass is 10.0. The van der Waals surface area contributed by atoms with Gasteiger partial charge in [0.1, 0.15) is 12.4 Å². The van der Waals surface area contributed by atoms with Crippen LogP contribution in [0.15, 0.2) is 88.2 Å². The van der Waals surface area contributed by atoms with Crippen molar-refractivity contribution in [1.29, 1.82) is 0 Å². The summed E-state index contributed by atoms with van der Waals surface area (Å²) in [6, 6.07) is 25.2. The van der Waals surface area contributed by atoms with Gasteiger partial charge in [-0.05, 0) is 86.8 Å². The Bertz CT molecular complexity index is 1190. The lowest BCUT2D eigenvalue weighted by Gasteiger charge is -2.34. The highest BCUT2D eigenvalue weighted by Gasteiger charge is 2.25.